The number of allylic oxidation sites excluding steroid dienone is 1. The van der Waals surface area contributed by atoms with Crippen molar-refractivity contribution in [2.75, 3.05) is 19.8 Å². The summed E-state index contributed by atoms with van der Waals surface area (Å²) in [5, 5.41) is 19.0. The maximum Gasteiger partial charge on any atom is 0.293 e. The molecule has 0 saturated heterocycles. The van der Waals surface area contributed by atoms with Crippen LogP contribution in [0.1, 0.15) is 28.9 Å². The lowest BCUT2D eigenvalue weighted by molar-refractivity contribution is 0.0948. The van der Waals surface area contributed by atoms with E-state index in [1.54, 1.807) is 18.4 Å². The number of nitrogens with one attached hydrogen (secondary N) is 1. The summed E-state index contributed by atoms with van der Waals surface area (Å²) < 4.78 is 11.1. The van der Waals surface area contributed by atoms with Crippen molar-refractivity contribution < 1.29 is 13.8 Å². The van der Waals surface area contributed by atoms with Gasteiger partial charge in [0.1, 0.15) is 5.76 Å². The highest BCUT2D eigenvalue weighted by Gasteiger charge is 2.24. The standard InChI is InChI=1S/C16H19N9O3/c1-10(7-11-5-4-6-27-11)8-18-20-16(26)13-12(9-24(2)3)25(23-19-13)15-14(17)21-28-22-15/h4-8H,9H2,1-3H3,(H2,17,21)(H,20,26)/b10-7+,18-8?. The summed E-state index contributed by atoms with van der Waals surface area (Å²) in [6, 6.07) is 3.59. The molecule has 1 amide bonds. The van der Waals surface area contributed by atoms with Gasteiger partial charge in [-0.05, 0) is 55.1 Å². The molecule has 0 aliphatic carbocycles. The molecule has 0 aliphatic rings. The Kier molecular flexibility index (Phi) is 5.60. The van der Waals surface area contributed by atoms with Crippen LogP contribution in [0.4, 0.5) is 5.82 Å². The molecule has 0 radical (unpaired) electrons. The van der Waals surface area contributed by atoms with Crippen LogP contribution in [0.5, 0.6) is 0 Å². The predicted octanol–water partition coefficient (Wildman–Crippen LogP) is 0.706. The van der Waals surface area contributed by atoms with E-state index in [1.165, 1.54) is 10.9 Å². The Morgan fingerprint density at radius 3 is 2.89 bits per heavy atom. The molecular weight excluding hydrogens is 366 g/mol. The van der Waals surface area contributed by atoms with Gasteiger partial charge in [0.2, 0.25) is 11.6 Å². The Hall–Kier alpha value is -3.80. The number of anilines is 1. The number of amides is 1. The van der Waals surface area contributed by atoms with Crippen molar-refractivity contribution in [2.24, 2.45) is 5.10 Å². The molecule has 3 N–H and O–H groups in total. The van der Waals surface area contributed by atoms with E-state index in [-0.39, 0.29) is 17.3 Å². The van der Waals surface area contributed by atoms with Crippen molar-refractivity contribution in [3.8, 4) is 5.82 Å². The number of furan rings is 1. The van der Waals surface area contributed by atoms with Crippen LogP contribution in [-0.4, -0.2) is 56.4 Å². The van der Waals surface area contributed by atoms with Crippen LogP contribution in [0.3, 0.4) is 0 Å². The number of nitrogens with two attached hydrogens (primary N) is 1. The van der Waals surface area contributed by atoms with Gasteiger partial charge >= 0.3 is 0 Å². The molecule has 146 valence electrons. The summed E-state index contributed by atoms with van der Waals surface area (Å²) in [7, 11) is 3.68. The summed E-state index contributed by atoms with van der Waals surface area (Å²) in [6.45, 7) is 2.18. The Labute approximate surface area is 159 Å². The molecule has 12 nitrogen and oxygen atoms in total. The van der Waals surface area contributed by atoms with Gasteiger partial charge in [-0.3, -0.25) is 4.79 Å². The molecule has 28 heavy (non-hydrogen) atoms. The average molecular weight is 385 g/mol. The Morgan fingerprint density at radius 1 is 1.43 bits per heavy atom. The van der Waals surface area contributed by atoms with E-state index in [1.807, 2.05) is 32.0 Å². The molecular formula is C16H19N9O3. The SMILES string of the molecule is C/C(C=NNC(=O)c1nnn(-c2nonc2N)c1CN(C)C)=C\c1ccco1. The van der Waals surface area contributed by atoms with Gasteiger partial charge in [0.05, 0.1) is 18.2 Å². The number of rotatable bonds is 7. The number of nitrogen functional groups attached to an aromatic ring is 1. The van der Waals surface area contributed by atoms with Crippen molar-refractivity contribution >= 4 is 24.0 Å². The minimum atomic E-state index is -0.528. The van der Waals surface area contributed by atoms with Crippen LogP contribution in [0, 0.1) is 0 Å². The van der Waals surface area contributed by atoms with Crippen molar-refractivity contribution in [1.29, 1.82) is 0 Å². The number of hydrogen-bond acceptors (Lipinski definition) is 10. The summed E-state index contributed by atoms with van der Waals surface area (Å²) in [6.07, 6.45) is 4.85. The normalized spacial score (nSPS) is 12.2. The van der Waals surface area contributed by atoms with Crippen molar-refractivity contribution in [3.05, 3.63) is 41.1 Å². The van der Waals surface area contributed by atoms with E-state index in [0.717, 1.165) is 5.57 Å². The molecule has 0 atom stereocenters. The first-order chi connectivity index (χ1) is 13.5. The molecule has 0 fully saturated rings. The minimum Gasteiger partial charge on any atom is -0.465 e. The van der Waals surface area contributed by atoms with Crippen molar-refractivity contribution in [1.82, 2.24) is 35.6 Å². The molecule has 0 unspecified atom stereocenters. The number of nitrogens with zero attached hydrogens (tertiary/aromatic N) is 7. The van der Waals surface area contributed by atoms with E-state index in [4.69, 9.17) is 10.2 Å². The van der Waals surface area contributed by atoms with Crippen LogP contribution in [0.25, 0.3) is 11.9 Å². The highest BCUT2D eigenvalue weighted by molar-refractivity contribution is 5.94. The third-order valence-electron chi connectivity index (χ3n) is 3.49. The number of hydrazone groups is 1. The molecule has 0 aromatic carbocycles. The lowest BCUT2D eigenvalue weighted by atomic mass is 10.3. The first kappa shape index (κ1) is 19.0. The first-order valence-corrected chi connectivity index (χ1v) is 8.18. The molecule has 3 rings (SSSR count). The lowest BCUT2D eigenvalue weighted by Gasteiger charge is -2.11. The highest BCUT2D eigenvalue weighted by Crippen LogP contribution is 2.16. The van der Waals surface area contributed by atoms with Gasteiger partial charge in [0.15, 0.2) is 5.69 Å². The zero-order chi connectivity index (χ0) is 20.1. The van der Waals surface area contributed by atoms with Gasteiger partial charge in [0.25, 0.3) is 5.91 Å². The van der Waals surface area contributed by atoms with E-state index in [2.05, 4.69) is 35.8 Å². The fourth-order valence-electron chi connectivity index (χ4n) is 2.31. The average Bonchev–Trinajstić information content (AvgIpc) is 3.36. The van der Waals surface area contributed by atoms with Crippen LogP contribution in [0.15, 0.2) is 38.1 Å². The van der Waals surface area contributed by atoms with Gasteiger partial charge < -0.3 is 15.1 Å². The minimum absolute atomic E-state index is 0.0357. The molecule has 0 saturated carbocycles. The third kappa shape index (κ3) is 4.29. The fraction of sp³-hybridized carbons (Fsp3) is 0.250. The predicted molar refractivity (Wildman–Crippen MR) is 99.3 cm³/mol. The van der Waals surface area contributed by atoms with Gasteiger partial charge in [-0.2, -0.15) is 9.78 Å². The third-order valence-corrected chi connectivity index (χ3v) is 3.49. The Morgan fingerprint density at radius 2 is 2.25 bits per heavy atom. The Balaban J connectivity index is 1.78. The first-order valence-electron chi connectivity index (χ1n) is 8.18. The number of carbonyl (C=O) groups is 1. The number of hydrogen-bond donors (Lipinski definition) is 2. The highest BCUT2D eigenvalue weighted by atomic mass is 16.6. The molecule has 3 heterocycles. The van der Waals surface area contributed by atoms with Gasteiger partial charge in [-0.25, -0.2) is 10.1 Å². The summed E-state index contributed by atoms with van der Waals surface area (Å²) >= 11 is 0. The van der Waals surface area contributed by atoms with Gasteiger partial charge in [-0.1, -0.05) is 5.21 Å². The zero-order valence-corrected chi connectivity index (χ0v) is 15.5. The van der Waals surface area contributed by atoms with Crippen LogP contribution < -0.4 is 11.2 Å². The van der Waals surface area contributed by atoms with E-state index >= 15 is 0 Å². The van der Waals surface area contributed by atoms with E-state index < -0.39 is 5.91 Å². The maximum absolute atomic E-state index is 12.5. The largest absolute Gasteiger partial charge is 0.465 e. The Bertz CT molecular complexity index is 999. The van der Waals surface area contributed by atoms with Crippen molar-refractivity contribution in [2.45, 2.75) is 13.5 Å². The monoisotopic (exact) mass is 385 g/mol. The second-order valence-corrected chi connectivity index (χ2v) is 6.11. The van der Waals surface area contributed by atoms with Crippen molar-refractivity contribution in [3.63, 3.8) is 0 Å². The molecule has 3 aromatic rings. The lowest BCUT2D eigenvalue weighted by Crippen LogP contribution is -2.23. The molecule has 12 heteroatoms. The fourth-order valence-corrected chi connectivity index (χ4v) is 2.31. The maximum atomic E-state index is 12.5. The second-order valence-electron chi connectivity index (χ2n) is 6.11. The second kappa shape index (κ2) is 8.26. The molecule has 0 aliphatic heterocycles. The smallest absolute Gasteiger partial charge is 0.293 e. The zero-order valence-electron chi connectivity index (χ0n) is 15.5. The summed E-state index contributed by atoms with van der Waals surface area (Å²) in [5.41, 5.74) is 9.48. The van der Waals surface area contributed by atoms with Crippen LogP contribution in [0.2, 0.25) is 0 Å². The molecule has 0 bridgehead atoms. The summed E-state index contributed by atoms with van der Waals surface area (Å²) in [4.78, 5) is 14.4. The number of carbonyl (C=O) groups excluding carboxylic acids is 1. The quantitative estimate of drug-likeness (QED) is 0.442. The summed E-state index contributed by atoms with van der Waals surface area (Å²) in [5.74, 6) is 0.350. The topological polar surface area (TPSA) is 153 Å². The van der Waals surface area contributed by atoms with Crippen LogP contribution >= 0.6 is 0 Å². The molecule has 3 aromatic heterocycles. The van der Waals surface area contributed by atoms with E-state index in [0.29, 0.717) is 18.0 Å². The van der Waals surface area contributed by atoms with E-state index in [9.17, 15) is 4.79 Å². The van der Waals surface area contributed by atoms with Gasteiger partial charge in [0, 0.05) is 6.54 Å². The van der Waals surface area contributed by atoms with Gasteiger partial charge in [-0.15, -0.1) is 5.10 Å². The number of aromatic nitrogens is 5. The molecule has 0 spiro atoms. The van der Waals surface area contributed by atoms with Crippen LogP contribution in [-0.2, 0) is 6.54 Å².